The van der Waals surface area contributed by atoms with Gasteiger partial charge in [0.05, 0.1) is 0 Å². The van der Waals surface area contributed by atoms with E-state index >= 15 is 0 Å². The Morgan fingerprint density at radius 2 is 1.94 bits per heavy atom. The van der Waals surface area contributed by atoms with E-state index in [1.807, 2.05) is 27.7 Å². The topological polar surface area (TPSA) is 35.9 Å². The Hall–Kier alpha value is -1.64. The largest absolute Gasteiger partial charge is 0.361 e. The zero-order valence-electron chi connectivity index (χ0n) is 11.4. The fourth-order valence-corrected chi connectivity index (χ4v) is 1.56. The van der Waals surface area contributed by atoms with E-state index < -0.39 is 0 Å². The molecule has 2 N–H and O–H groups in total. The molecule has 0 aliphatic heterocycles. The van der Waals surface area contributed by atoms with Crippen LogP contribution in [0.3, 0.4) is 0 Å². The van der Waals surface area contributed by atoms with Crippen molar-refractivity contribution in [1.29, 1.82) is 5.41 Å². The molecule has 0 saturated heterocycles. The third kappa shape index (κ3) is 3.99. The fraction of sp³-hybridized carbons (Fsp3) is 0.400. The summed E-state index contributed by atoms with van der Waals surface area (Å²) in [4.78, 5) is 0. The zero-order valence-corrected chi connectivity index (χ0v) is 11.4. The highest BCUT2D eigenvalue weighted by Crippen LogP contribution is 2.25. The van der Waals surface area contributed by atoms with Crippen molar-refractivity contribution in [1.82, 2.24) is 0 Å². The van der Waals surface area contributed by atoms with Crippen LogP contribution in [0.4, 0.5) is 10.1 Å². The molecule has 0 aliphatic rings. The Balaban J connectivity index is 2.82. The summed E-state index contributed by atoms with van der Waals surface area (Å²) in [6, 6.07) is 4.72. The second-order valence-corrected chi connectivity index (χ2v) is 4.97. The fourth-order valence-electron chi connectivity index (χ4n) is 1.56. The maximum Gasteiger partial charge on any atom is 0.123 e. The number of benzene rings is 1. The molecule has 1 aromatic rings. The van der Waals surface area contributed by atoms with E-state index in [4.69, 9.17) is 5.41 Å². The van der Waals surface area contributed by atoms with E-state index in [-0.39, 0.29) is 17.7 Å². The molecule has 0 heterocycles. The summed E-state index contributed by atoms with van der Waals surface area (Å²) >= 11 is 0. The third-order valence-electron chi connectivity index (χ3n) is 2.76. The number of nitrogens with one attached hydrogen (secondary N) is 2. The Morgan fingerprint density at radius 1 is 1.28 bits per heavy atom. The SMILES string of the molecule is CC(C)C(=N)/C=C\Nc1ccc(F)cc1C(C)C. The summed E-state index contributed by atoms with van der Waals surface area (Å²) in [6.07, 6.45) is 3.47. The number of anilines is 1. The minimum absolute atomic E-state index is 0.209. The molecule has 0 saturated carbocycles. The van der Waals surface area contributed by atoms with Crippen molar-refractivity contribution in [2.75, 3.05) is 5.32 Å². The van der Waals surface area contributed by atoms with E-state index in [2.05, 4.69) is 5.32 Å². The highest BCUT2D eigenvalue weighted by Gasteiger charge is 2.07. The quantitative estimate of drug-likeness (QED) is 0.737. The predicted octanol–water partition coefficient (Wildman–Crippen LogP) is 4.55. The molecule has 3 heteroatoms. The summed E-state index contributed by atoms with van der Waals surface area (Å²) in [7, 11) is 0. The van der Waals surface area contributed by atoms with E-state index in [0.29, 0.717) is 5.71 Å². The molecule has 0 radical (unpaired) electrons. The molecule has 1 rings (SSSR count). The maximum absolute atomic E-state index is 13.2. The normalized spacial score (nSPS) is 11.5. The van der Waals surface area contributed by atoms with Gasteiger partial charge in [0, 0.05) is 17.6 Å². The highest BCUT2D eigenvalue weighted by atomic mass is 19.1. The molecule has 0 aliphatic carbocycles. The number of hydrogen-bond acceptors (Lipinski definition) is 2. The summed E-state index contributed by atoms with van der Waals surface area (Å²) in [6.45, 7) is 8.01. The third-order valence-corrected chi connectivity index (χ3v) is 2.76. The molecule has 0 aromatic heterocycles. The zero-order chi connectivity index (χ0) is 13.7. The smallest absolute Gasteiger partial charge is 0.123 e. The van der Waals surface area contributed by atoms with E-state index in [1.54, 1.807) is 24.4 Å². The second kappa shape index (κ2) is 6.34. The minimum Gasteiger partial charge on any atom is -0.361 e. The molecule has 0 unspecified atom stereocenters. The van der Waals surface area contributed by atoms with Gasteiger partial charge in [-0.05, 0) is 41.7 Å². The van der Waals surface area contributed by atoms with Gasteiger partial charge >= 0.3 is 0 Å². The van der Waals surface area contributed by atoms with Crippen LogP contribution in [0.15, 0.2) is 30.5 Å². The van der Waals surface area contributed by atoms with Crippen molar-refractivity contribution in [2.45, 2.75) is 33.6 Å². The van der Waals surface area contributed by atoms with Gasteiger partial charge in [0.15, 0.2) is 0 Å². The Bertz CT molecular complexity index is 448. The molecule has 0 bridgehead atoms. The Kier molecular flexibility index (Phi) is 5.08. The average molecular weight is 248 g/mol. The molecule has 0 spiro atoms. The van der Waals surface area contributed by atoms with Crippen molar-refractivity contribution >= 4 is 11.4 Å². The monoisotopic (exact) mass is 248 g/mol. The molecule has 0 fully saturated rings. The van der Waals surface area contributed by atoms with Gasteiger partial charge in [0.25, 0.3) is 0 Å². The van der Waals surface area contributed by atoms with Crippen molar-refractivity contribution in [3.63, 3.8) is 0 Å². The Labute approximate surface area is 108 Å². The first-order chi connectivity index (χ1) is 8.41. The first-order valence-corrected chi connectivity index (χ1v) is 6.22. The second-order valence-electron chi connectivity index (χ2n) is 4.97. The molecule has 1 aromatic carbocycles. The first kappa shape index (κ1) is 14.4. The van der Waals surface area contributed by atoms with Gasteiger partial charge in [0.2, 0.25) is 0 Å². The van der Waals surface area contributed by atoms with Crippen LogP contribution in [-0.2, 0) is 0 Å². The lowest BCUT2D eigenvalue weighted by Gasteiger charge is -2.12. The molecule has 0 atom stereocenters. The molecule has 0 amide bonds. The Morgan fingerprint density at radius 3 is 2.50 bits per heavy atom. The maximum atomic E-state index is 13.2. The summed E-state index contributed by atoms with van der Waals surface area (Å²) in [5.41, 5.74) is 2.39. The minimum atomic E-state index is -0.219. The van der Waals surface area contributed by atoms with Crippen LogP contribution in [0.5, 0.6) is 0 Å². The average Bonchev–Trinajstić information content (AvgIpc) is 2.30. The van der Waals surface area contributed by atoms with Crippen molar-refractivity contribution in [3.05, 3.63) is 41.9 Å². The summed E-state index contributed by atoms with van der Waals surface area (Å²) in [5, 5.41) is 10.8. The number of allylic oxidation sites excluding steroid dienone is 1. The van der Waals surface area contributed by atoms with Gasteiger partial charge in [-0.15, -0.1) is 0 Å². The molecule has 18 heavy (non-hydrogen) atoms. The van der Waals surface area contributed by atoms with Crippen LogP contribution in [0.1, 0.15) is 39.2 Å². The van der Waals surface area contributed by atoms with Gasteiger partial charge in [-0.25, -0.2) is 4.39 Å². The summed E-state index contributed by atoms with van der Waals surface area (Å²) in [5.74, 6) is 0.241. The van der Waals surface area contributed by atoms with Crippen molar-refractivity contribution in [2.24, 2.45) is 5.92 Å². The van der Waals surface area contributed by atoms with Crippen LogP contribution in [0.25, 0.3) is 0 Å². The summed E-state index contributed by atoms with van der Waals surface area (Å²) < 4.78 is 13.2. The standard InChI is InChI=1S/C15H21FN2/c1-10(2)13-9-12(16)5-6-15(13)18-8-7-14(17)11(3)4/h5-11,17-18H,1-4H3/b8-7-,17-14?. The molecule has 2 nitrogen and oxygen atoms in total. The molecule has 98 valence electrons. The lowest BCUT2D eigenvalue weighted by molar-refractivity contribution is 0.623. The lowest BCUT2D eigenvalue weighted by atomic mass is 10.0. The van der Waals surface area contributed by atoms with E-state index in [0.717, 1.165) is 11.3 Å². The van der Waals surface area contributed by atoms with Crippen LogP contribution >= 0.6 is 0 Å². The number of rotatable bonds is 5. The van der Waals surface area contributed by atoms with Gasteiger partial charge in [-0.1, -0.05) is 27.7 Å². The van der Waals surface area contributed by atoms with Crippen LogP contribution in [0, 0.1) is 17.1 Å². The molecular formula is C15H21FN2. The van der Waals surface area contributed by atoms with E-state index in [1.165, 1.54) is 6.07 Å². The highest BCUT2D eigenvalue weighted by molar-refractivity contribution is 5.93. The van der Waals surface area contributed by atoms with Crippen LogP contribution in [0.2, 0.25) is 0 Å². The van der Waals surface area contributed by atoms with Gasteiger partial charge in [-0.2, -0.15) is 0 Å². The molecular weight excluding hydrogens is 227 g/mol. The van der Waals surface area contributed by atoms with Crippen LogP contribution < -0.4 is 5.32 Å². The van der Waals surface area contributed by atoms with Gasteiger partial charge in [0.1, 0.15) is 5.82 Å². The number of hydrogen-bond donors (Lipinski definition) is 2. The van der Waals surface area contributed by atoms with Crippen molar-refractivity contribution < 1.29 is 4.39 Å². The van der Waals surface area contributed by atoms with Gasteiger partial charge in [-0.3, -0.25) is 0 Å². The van der Waals surface area contributed by atoms with Crippen molar-refractivity contribution in [3.8, 4) is 0 Å². The lowest BCUT2D eigenvalue weighted by Crippen LogP contribution is -2.03. The number of halogens is 1. The van der Waals surface area contributed by atoms with E-state index in [9.17, 15) is 4.39 Å². The predicted molar refractivity (Wildman–Crippen MR) is 75.8 cm³/mol. The van der Waals surface area contributed by atoms with Gasteiger partial charge < -0.3 is 10.7 Å². The first-order valence-electron chi connectivity index (χ1n) is 6.22. The van der Waals surface area contributed by atoms with Crippen LogP contribution in [-0.4, -0.2) is 5.71 Å².